The van der Waals surface area contributed by atoms with E-state index in [2.05, 4.69) is 0 Å². The van der Waals surface area contributed by atoms with Gasteiger partial charge in [0.1, 0.15) is 17.2 Å². The lowest BCUT2D eigenvalue weighted by Crippen LogP contribution is -2.29. The first kappa shape index (κ1) is 12.9. The summed E-state index contributed by atoms with van der Waals surface area (Å²) in [4.78, 5) is 0. The quantitative estimate of drug-likeness (QED) is 0.838. The molecule has 4 heteroatoms. The number of methoxy groups -OCH3 is 1. The van der Waals surface area contributed by atoms with Crippen molar-refractivity contribution in [3.8, 4) is 5.75 Å². The fourth-order valence-electron chi connectivity index (χ4n) is 1.57. The van der Waals surface area contributed by atoms with Crippen LogP contribution in [0.15, 0.2) is 18.2 Å². The van der Waals surface area contributed by atoms with Crippen LogP contribution in [0, 0.1) is 5.82 Å². The maximum atomic E-state index is 13.7. The van der Waals surface area contributed by atoms with E-state index in [0.29, 0.717) is 12.4 Å². The minimum Gasteiger partial charge on any atom is -0.496 e. The zero-order valence-electron chi connectivity index (χ0n) is 9.79. The Bertz CT molecular complexity index is 350. The molecule has 1 aromatic rings. The molecule has 1 rings (SSSR count). The van der Waals surface area contributed by atoms with Crippen molar-refractivity contribution >= 4 is 0 Å². The third-order valence-corrected chi connectivity index (χ3v) is 2.32. The second-order valence-electron chi connectivity index (χ2n) is 3.73. The van der Waals surface area contributed by atoms with Crippen molar-refractivity contribution in [1.82, 2.24) is 0 Å². The molecule has 0 aliphatic rings. The van der Waals surface area contributed by atoms with Crippen LogP contribution < -0.4 is 4.74 Å². The van der Waals surface area contributed by atoms with Gasteiger partial charge < -0.3 is 14.6 Å². The van der Waals surface area contributed by atoms with E-state index < -0.39 is 11.4 Å². The number of hydrogen-bond acceptors (Lipinski definition) is 3. The first-order valence-corrected chi connectivity index (χ1v) is 5.16. The van der Waals surface area contributed by atoms with Gasteiger partial charge in [0.25, 0.3) is 0 Å². The monoisotopic (exact) mass is 228 g/mol. The topological polar surface area (TPSA) is 38.7 Å². The van der Waals surface area contributed by atoms with Crippen molar-refractivity contribution < 1.29 is 19.0 Å². The van der Waals surface area contributed by atoms with Crippen LogP contribution in [0.2, 0.25) is 0 Å². The summed E-state index contributed by atoms with van der Waals surface area (Å²) in [7, 11) is 1.44. The Hall–Kier alpha value is -1.13. The van der Waals surface area contributed by atoms with E-state index in [1.807, 2.05) is 6.92 Å². The predicted octanol–water partition coefficient (Wildman–Crippen LogP) is 2.08. The van der Waals surface area contributed by atoms with Gasteiger partial charge in [0.05, 0.1) is 19.3 Å². The summed E-state index contributed by atoms with van der Waals surface area (Å²) >= 11 is 0. The number of aliphatic hydroxyl groups is 1. The van der Waals surface area contributed by atoms with E-state index in [0.717, 1.165) is 0 Å². The summed E-state index contributed by atoms with van der Waals surface area (Å²) < 4.78 is 23.8. The van der Waals surface area contributed by atoms with Crippen LogP contribution in [0.1, 0.15) is 19.4 Å². The Morgan fingerprint density at radius 3 is 2.69 bits per heavy atom. The van der Waals surface area contributed by atoms with Gasteiger partial charge in [-0.2, -0.15) is 0 Å². The molecule has 16 heavy (non-hydrogen) atoms. The minimum absolute atomic E-state index is 0.0286. The molecule has 0 amide bonds. The Balaban J connectivity index is 3.09. The van der Waals surface area contributed by atoms with Crippen molar-refractivity contribution in [2.24, 2.45) is 0 Å². The number of halogens is 1. The SMILES string of the molecule is CCOCC(C)(O)c1c(F)cccc1OC. The molecule has 0 fully saturated rings. The summed E-state index contributed by atoms with van der Waals surface area (Å²) in [5.41, 5.74) is -1.27. The van der Waals surface area contributed by atoms with Crippen LogP contribution in [0.3, 0.4) is 0 Å². The van der Waals surface area contributed by atoms with Crippen LogP contribution in [0.4, 0.5) is 4.39 Å². The van der Waals surface area contributed by atoms with Gasteiger partial charge in [0.15, 0.2) is 0 Å². The molecule has 0 bridgehead atoms. The zero-order chi connectivity index (χ0) is 12.2. The molecule has 90 valence electrons. The molecular formula is C12H17FO3. The van der Waals surface area contributed by atoms with E-state index in [9.17, 15) is 9.50 Å². The first-order valence-electron chi connectivity index (χ1n) is 5.16. The van der Waals surface area contributed by atoms with Crippen LogP contribution >= 0.6 is 0 Å². The maximum absolute atomic E-state index is 13.7. The van der Waals surface area contributed by atoms with Crippen LogP contribution in [-0.4, -0.2) is 25.4 Å². The van der Waals surface area contributed by atoms with Crippen molar-refractivity contribution in [3.63, 3.8) is 0 Å². The van der Waals surface area contributed by atoms with Gasteiger partial charge in [-0.1, -0.05) is 6.07 Å². The number of ether oxygens (including phenoxy) is 2. The summed E-state index contributed by atoms with van der Waals surface area (Å²) in [6.07, 6.45) is 0. The molecule has 1 N–H and O–H groups in total. The third-order valence-electron chi connectivity index (χ3n) is 2.32. The van der Waals surface area contributed by atoms with Crippen LogP contribution in [0.5, 0.6) is 5.75 Å². The van der Waals surface area contributed by atoms with Crippen LogP contribution in [0.25, 0.3) is 0 Å². The highest BCUT2D eigenvalue weighted by atomic mass is 19.1. The lowest BCUT2D eigenvalue weighted by molar-refractivity contribution is -0.0378. The van der Waals surface area contributed by atoms with Gasteiger partial charge in [-0.05, 0) is 26.0 Å². The van der Waals surface area contributed by atoms with Gasteiger partial charge in [0, 0.05) is 6.61 Å². The van der Waals surface area contributed by atoms with E-state index in [4.69, 9.17) is 9.47 Å². The first-order chi connectivity index (χ1) is 7.53. The minimum atomic E-state index is -1.40. The molecule has 0 spiro atoms. The molecule has 0 heterocycles. The molecule has 1 aromatic carbocycles. The standard InChI is InChI=1S/C12H17FO3/c1-4-16-8-12(2,14)11-9(13)6-5-7-10(11)15-3/h5-7,14H,4,8H2,1-3H3. The molecule has 0 radical (unpaired) electrons. The fourth-order valence-corrected chi connectivity index (χ4v) is 1.57. The Morgan fingerprint density at radius 2 is 2.12 bits per heavy atom. The van der Waals surface area contributed by atoms with Crippen molar-refractivity contribution in [1.29, 1.82) is 0 Å². The molecule has 0 saturated carbocycles. The molecule has 1 unspecified atom stereocenters. The lowest BCUT2D eigenvalue weighted by atomic mass is 9.95. The van der Waals surface area contributed by atoms with E-state index in [-0.39, 0.29) is 12.2 Å². The molecule has 0 aliphatic heterocycles. The number of benzene rings is 1. The highest BCUT2D eigenvalue weighted by Gasteiger charge is 2.30. The van der Waals surface area contributed by atoms with E-state index in [1.165, 1.54) is 26.2 Å². The second kappa shape index (κ2) is 5.27. The molecule has 0 aromatic heterocycles. The maximum Gasteiger partial charge on any atom is 0.133 e. The Labute approximate surface area is 94.8 Å². The van der Waals surface area contributed by atoms with Crippen molar-refractivity contribution in [3.05, 3.63) is 29.6 Å². The zero-order valence-corrected chi connectivity index (χ0v) is 9.79. The summed E-state index contributed by atoms with van der Waals surface area (Å²) in [6.45, 7) is 3.81. The molecular weight excluding hydrogens is 211 g/mol. The predicted molar refractivity (Wildman–Crippen MR) is 59.0 cm³/mol. The fraction of sp³-hybridized carbons (Fsp3) is 0.500. The van der Waals surface area contributed by atoms with Gasteiger partial charge in [-0.3, -0.25) is 0 Å². The average Bonchev–Trinajstić information content (AvgIpc) is 2.25. The highest BCUT2D eigenvalue weighted by molar-refractivity contribution is 5.38. The van der Waals surface area contributed by atoms with Crippen LogP contribution in [-0.2, 0) is 10.3 Å². The smallest absolute Gasteiger partial charge is 0.133 e. The second-order valence-corrected chi connectivity index (χ2v) is 3.73. The average molecular weight is 228 g/mol. The van der Waals surface area contributed by atoms with Crippen molar-refractivity contribution in [2.45, 2.75) is 19.4 Å². The molecule has 0 saturated heterocycles. The van der Waals surface area contributed by atoms with E-state index in [1.54, 1.807) is 6.07 Å². The third kappa shape index (κ3) is 2.71. The van der Waals surface area contributed by atoms with Crippen molar-refractivity contribution in [2.75, 3.05) is 20.3 Å². The Kier molecular flexibility index (Phi) is 4.26. The number of rotatable bonds is 5. The van der Waals surface area contributed by atoms with Gasteiger partial charge >= 0.3 is 0 Å². The summed E-state index contributed by atoms with van der Waals surface area (Å²) in [5, 5.41) is 10.2. The van der Waals surface area contributed by atoms with Gasteiger partial charge in [-0.15, -0.1) is 0 Å². The van der Waals surface area contributed by atoms with Gasteiger partial charge in [0.2, 0.25) is 0 Å². The summed E-state index contributed by atoms with van der Waals surface area (Å²) in [6, 6.07) is 4.44. The summed E-state index contributed by atoms with van der Waals surface area (Å²) in [5.74, 6) is -0.172. The van der Waals surface area contributed by atoms with E-state index >= 15 is 0 Å². The Morgan fingerprint density at radius 1 is 1.44 bits per heavy atom. The highest BCUT2D eigenvalue weighted by Crippen LogP contribution is 2.32. The normalized spacial score (nSPS) is 14.6. The lowest BCUT2D eigenvalue weighted by Gasteiger charge is -2.25. The van der Waals surface area contributed by atoms with Gasteiger partial charge in [-0.25, -0.2) is 4.39 Å². The largest absolute Gasteiger partial charge is 0.496 e. The molecule has 0 aliphatic carbocycles. The molecule has 3 nitrogen and oxygen atoms in total. The molecule has 1 atom stereocenters. The number of hydrogen-bond donors (Lipinski definition) is 1.